The summed E-state index contributed by atoms with van der Waals surface area (Å²) in [5.74, 6) is -1.14. The van der Waals surface area contributed by atoms with Gasteiger partial charge in [-0.2, -0.15) is 0 Å². The summed E-state index contributed by atoms with van der Waals surface area (Å²) in [7, 11) is 1.61. The number of thiophene rings is 1. The molecule has 0 saturated carbocycles. The maximum atomic E-state index is 11.8. The van der Waals surface area contributed by atoms with Gasteiger partial charge >= 0.3 is 12.0 Å². The summed E-state index contributed by atoms with van der Waals surface area (Å²) in [5.41, 5.74) is 0. The summed E-state index contributed by atoms with van der Waals surface area (Å²) in [6.07, 6.45) is 0.735. The fourth-order valence-electron chi connectivity index (χ4n) is 1.48. The SMILES string of the molecule is CN(CCc1cccs1)C(=O)N[C@H](CCO)C(=O)O. The van der Waals surface area contributed by atoms with Crippen molar-refractivity contribution in [3.05, 3.63) is 22.4 Å². The van der Waals surface area contributed by atoms with Crippen molar-refractivity contribution in [3.8, 4) is 0 Å². The predicted molar refractivity (Wildman–Crippen MR) is 72.3 cm³/mol. The highest BCUT2D eigenvalue weighted by Gasteiger charge is 2.20. The monoisotopic (exact) mass is 286 g/mol. The quantitative estimate of drug-likeness (QED) is 0.690. The largest absolute Gasteiger partial charge is 0.480 e. The standard InChI is InChI=1S/C12H18N2O4S/c1-14(6-4-9-3-2-8-19-9)12(18)13-10(5-7-15)11(16)17/h2-3,8,10,15H,4-7H2,1H3,(H,13,18)(H,16,17)/t10-/m1/s1. The van der Waals surface area contributed by atoms with Crippen molar-refractivity contribution in [2.75, 3.05) is 20.2 Å². The van der Waals surface area contributed by atoms with Crippen LogP contribution >= 0.6 is 11.3 Å². The van der Waals surface area contributed by atoms with Gasteiger partial charge in [-0.05, 0) is 17.9 Å². The number of rotatable bonds is 7. The Kier molecular flexibility index (Phi) is 6.31. The second-order valence-electron chi connectivity index (χ2n) is 4.10. The molecule has 0 unspecified atom stereocenters. The molecule has 0 aliphatic heterocycles. The fourth-order valence-corrected chi connectivity index (χ4v) is 2.18. The molecule has 3 N–H and O–H groups in total. The Morgan fingerprint density at radius 3 is 2.79 bits per heavy atom. The van der Waals surface area contributed by atoms with E-state index in [-0.39, 0.29) is 13.0 Å². The van der Waals surface area contributed by atoms with Gasteiger partial charge in [-0.25, -0.2) is 9.59 Å². The Morgan fingerprint density at radius 2 is 2.26 bits per heavy atom. The molecule has 0 spiro atoms. The lowest BCUT2D eigenvalue weighted by molar-refractivity contribution is -0.139. The van der Waals surface area contributed by atoms with Gasteiger partial charge in [0, 0.05) is 31.5 Å². The zero-order valence-electron chi connectivity index (χ0n) is 10.7. The van der Waals surface area contributed by atoms with E-state index in [4.69, 9.17) is 10.2 Å². The lowest BCUT2D eigenvalue weighted by Crippen LogP contribution is -2.47. The third kappa shape index (κ3) is 5.27. The van der Waals surface area contributed by atoms with E-state index in [9.17, 15) is 9.59 Å². The average molecular weight is 286 g/mol. The Bertz CT molecular complexity index is 408. The van der Waals surface area contributed by atoms with Crippen LogP contribution in [0.3, 0.4) is 0 Å². The van der Waals surface area contributed by atoms with Gasteiger partial charge in [0.05, 0.1) is 0 Å². The normalized spacial score (nSPS) is 11.9. The Hall–Kier alpha value is -1.60. The number of carbonyl (C=O) groups excluding carboxylic acids is 1. The molecule has 19 heavy (non-hydrogen) atoms. The van der Waals surface area contributed by atoms with Crippen LogP contribution in [0, 0.1) is 0 Å². The predicted octanol–water partition coefficient (Wildman–Crippen LogP) is 0.768. The summed E-state index contributed by atoms with van der Waals surface area (Å²) in [6.45, 7) is 0.230. The van der Waals surface area contributed by atoms with E-state index < -0.39 is 18.0 Å². The number of nitrogens with zero attached hydrogens (tertiary/aromatic N) is 1. The molecule has 106 valence electrons. The summed E-state index contributed by atoms with van der Waals surface area (Å²) >= 11 is 1.62. The van der Waals surface area contributed by atoms with E-state index in [0.717, 1.165) is 6.42 Å². The van der Waals surface area contributed by atoms with E-state index in [2.05, 4.69) is 5.32 Å². The van der Waals surface area contributed by atoms with Gasteiger partial charge in [0.25, 0.3) is 0 Å². The van der Waals surface area contributed by atoms with E-state index >= 15 is 0 Å². The highest BCUT2D eigenvalue weighted by molar-refractivity contribution is 7.09. The van der Waals surface area contributed by atoms with Gasteiger partial charge in [-0.1, -0.05) is 6.07 Å². The molecule has 0 aliphatic rings. The van der Waals surface area contributed by atoms with Crippen LogP contribution in [-0.2, 0) is 11.2 Å². The number of aliphatic hydroxyl groups is 1. The molecular formula is C12H18N2O4S. The van der Waals surface area contributed by atoms with Gasteiger partial charge in [-0.15, -0.1) is 11.3 Å². The smallest absolute Gasteiger partial charge is 0.326 e. The molecule has 0 aliphatic carbocycles. The van der Waals surface area contributed by atoms with Crippen LogP contribution in [0.5, 0.6) is 0 Å². The molecule has 2 amide bonds. The van der Waals surface area contributed by atoms with Crippen LogP contribution in [0.4, 0.5) is 4.79 Å². The lowest BCUT2D eigenvalue weighted by Gasteiger charge is -2.20. The molecule has 1 rings (SSSR count). The van der Waals surface area contributed by atoms with E-state index in [1.54, 1.807) is 18.4 Å². The Balaban J connectivity index is 2.40. The first kappa shape index (κ1) is 15.5. The number of hydrogen-bond donors (Lipinski definition) is 3. The Labute approximate surface area is 115 Å². The van der Waals surface area contributed by atoms with Crippen LogP contribution in [0.15, 0.2) is 17.5 Å². The summed E-state index contributed by atoms with van der Waals surface area (Å²) < 4.78 is 0. The van der Waals surface area contributed by atoms with E-state index in [1.165, 1.54) is 9.78 Å². The molecule has 0 radical (unpaired) electrons. The van der Waals surface area contributed by atoms with Crippen molar-refractivity contribution in [1.29, 1.82) is 0 Å². The van der Waals surface area contributed by atoms with Crippen molar-refractivity contribution >= 4 is 23.3 Å². The molecule has 1 aromatic heterocycles. The van der Waals surface area contributed by atoms with Crippen LogP contribution in [0.1, 0.15) is 11.3 Å². The number of urea groups is 1. The second kappa shape index (κ2) is 7.75. The van der Waals surface area contributed by atoms with Gasteiger partial charge in [0.15, 0.2) is 0 Å². The highest BCUT2D eigenvalue weighted by atomic mass is 32.1. The molecule has 7 heteroatoms. The molecule has 1 aromatic rings. The van der Waals surface area contributed by atoms with Crippen molar-refractivity contribution in [3.63, 3.8) is 0 Å². The molecule has 1 heterocycles. The zero-order valence-corrected chi connectivity index (χ0v) is 11.5. The number of carboxylic acids is 1. The topological polar surface area (TPSA) is 89.9 Å². The molecule has 0 saturated heterocycles. The van der Waals surface area contributed by atoms with Gasteiger partial charge < -0.3 is 20.4 Å². The first-order chi connectivity index (χ1) is 9.04. The number of nitrogens with one attached hydrogen (secondary N) is 1. The minimum Gasteiger partial charge on any atom is -0.480 e. The number of aliphatic hydroxyl groups excluding tert-OH is 1. The number of amides is 2. The number of likely N-dealkylation sites (N-methyl/N-ethyl adjacent to an activating group) is 1. The zero-order chi connectivity index (χ0) is 14.3. The Morgan fingerprint density at radius 1 is 1.53 bits per heavy atom. The first-order valence-electron chi connectivity index (χ1n) is 5.92. The number of hydrogen-bond acceptors (Lipinski definition) is 4. The van der Waals surface area contributed by atoms with Crippen LogP contribution in [-0.4, -0.2) is 53.4 Å². The molecule has 0 fully saturated rings. The molecular weight excluding hydrogens is 268 g/mol. The van der Waals surface area contributed by atoms with E-state index in [1.807, 2.05) is 17.5 Å². The second-order valence-corrected chi connectivity index (χ2v) is 5.14. The number of aliphatic carboxylic acids is 1. The summed E-state index contributed by atoms with van der Waals surface area (Å²) in [6, 6.07) is 2.43. The number of carboxylic acid groups (broad SMARTS) is 1. The third-order valence-corrected chi connectivity index (χ3v) is 3.57. The minimum atomic E-state index is -1.14. The van der Waals surface area contributed by atoms with Crippen LogP contribution in [0.25, 0.3) is 0 Å². The van der Waals surface area contributed by atoms with Gasteiger partial charge in [0.1, 0.15) is 6.04 Å². The first-order valence-corrected chi connectivity index (χ1v) is 6.80. The van der Waals surface area contributed by atoms with E-state index in [0.29, 0.717) is 6.54 Å². The minimum absolute atomic E-state index is 0.000161. The van der Waals surface area contributed by atoms with Crippen LogP contribution in [0.2, 0.25) is 0 Å². The maximum Gasteiger partial charge on any atom is 0.326 e. The molecule has 1 atom stereocenters. The van der Waals surface area contributed by atoms with Gasteiger partial charge in [0.2, 0.25) is 0 Å². The average Bonchev–Trinajstić information content (AvgIpc) is 2.88. The van der Waals surface area contributed by atoms with Gasteiger partial charge in [-0.3, -0.25) is 0 Å². The molecule has 0 bridgehead atoms. The summed E-state index contributed by atoms with van der Waals surface area (Å²) in [4.78, 5) is 25.2. The van der Waals surface area contributed by atoms with Crippen molar-refractivity contribution in [1.82, 2.24) is 10.2 Å². The third-order valence-electron chi connectivity index (χ3n) is 2.63. The van der Waals surface area contributed by atoms with Crippen LogP contribution < -0.4 is 5.32 Å². The molecule has 6 nitrogen and oxygen atoms in total. The van der Waals surface area contributed by atoms with Crippen molar-refractivity contribution in [2.24, 2.45) is 0 Å². The summed E-state index contributed by atoms with van der Waals surface area (Å²) in [5, 5.41) is 22.0. The highest BCUT2D eigenvalue weighted by Crippen LogP contribution is 2.09. The molecule has 0 aromatic carbocycles. The maximum absolute atomic E-state index is 11.8. The lowest BCUT2D eigenvalue weighted by atomic mass is 10.2. The van der Waals surface area contributed by atoms with Crippen molar-refractivity contribution in [2.45, 2.75) is 18.9 Å². The van der Waals surface area contributed by atoms with Crippen molar-refractivity contribution < 1.29 is 19.8 Å². The number of carbonyl (C=O) groups is 2. The fraction of sp³-hybridized carbons (Fsp3) is 0.500.